The highest BCUT2D eigenvalue weighted by atomic mass is 35.5. The summed E-state index contributed by atoms with van der Waals surface area (Å²) >= 11 is 5.87. The van der Waals surface area contributed by atoms with E-state index in [2.05, 4.69) is 10.3 Å². The number of aromatic nitrogens is 1. The van der Waals surface area contributed by atoms with E-state index in [1.807, 2.05) is 0 Å². The standard InChI is InChI=1S/C14H14ClN3O3S/c1-18(2)22(20,21)11-7-5-10(6-8-11)14(19)17-12-4-3-9-16-13(12)15/h3-9H,1-2H3,(H,17,19). The first-order chi connectivity index (χ1) is 10.3. The maximum absolute atomic E-state index is 12.1. The predicted molar refractivity (Wildman–Crippen MR) is 84.5 cm³/mol. The molecule has 2 rings (SSSR count). The summed E-state index contributed by atoms with van der Waals surface area (Å²) in [5.41, 5.74) is 0.705. The van der Waals surface area contributed by atoms with Crippen LogP contribution in [0.25, 0.3) is 0 Å². The van der Waals surface area contributed by atoms with Crippen LogP contribution in [0.4, 0.5) is 5.69 Å². The van der Waals surface area contributed by atoms with Gasteiger partial charge < -0.3 is 5.32 Å². The molecule has 0 aliphatic carbocycles. The number of halogens is 1. The van der Waals surface area contributed by atoms with Crippen molar-refractivity contribution in [2.24, 2.45) is 0 Å². The van der Waals surface area contributed by atoms with Crippen LogP contribution in [0.1, 0.15) is 10.4 Å². The minimum Gasteiger partial charge on any atom is -0.319 e. The Hall–Kier alpha value is -1.96. The minimum atomic E-state index is -3.51. The second-order valence-corrected chi connectivity index (χ2v) is 7.12. The number of carbonyl (C=O) groups is 1. The summed E-state index contributed by atoms with van der Waals surface area (Å²) < 4.78 is 25.0. The number of pyridine rings is 1. The first-order valence-corrected chi connectivity index (χ1v) is 8.08. The molecular formula is C14H14ClN3O3S. The Bertz CT molecular complexity index is 789. The maximum atomic E-state index is 12.1. The summed E-state index contributed by atoms with van der Waals surface area (Å²) in [5, 5.41) is 2.80. The molecule has 1 amide bonds. The van der Waals surface area contributed by atoms with Gasteiger partial charge in [-0.15, -0.1) is 0 Å². The van der Waals surface area contributed by atoms with Crippen LogP contribution in [0.15, 0.2) is 47.5 Å². The van der Waals surface area contributed by atoms with Gasteiger partial charge in [-0.1, -0.05) is 11.6 Å². The SMILES string of the molecule is CN(C)S(=O)(=O)c1ccc(C(=O)Nc2cccnc2Cl)cc1. The van der Waals surface area contributed by atoms with Crippen LogP contribution < -0.4 is 5.32 Å². The molecule has 1 N–H and O–H groups in total. The molecule has 0 bridgehead atoms. The number of rotatable bonds is 4. The van der Waals surface area contributed by atoms with Gasteiger partial charge >= 0.3 is 0 Å². The largest absolute Gasteiger partial charge is 0.319 e. The summed E-state index contributed by atoms with van der Waals surface area (Å²) in [6, 6.07) is 8.92. The van der Waals surface area contributed by atoms with E-state index < -0.39 is 15.9 Å². The van der Waals surface area contributed by atoms with Gasteiger partial charge in [-0.3, -0.25) is 4.79 Å². The van der Waals surface area contributed by atoms with E-state index >= 15 is 0 Å². The van der Waals surface area contributed by atoms with Crippen LogP contribution in [0.2, 0.25) is 5.15 Å². The van der Waals surface area contributed by atoms with Gasteiger partial charge in [0.2, 0.25) is 10.0 Å². The number of amides is 1. The fraction of sp³-hybridized carbons (Fsp3) is 0.143. The molecule has 116 valence electrons. The van der Waals surface area contributed by atoms with E-state index in [9.17, 15) is 13.2 Å². The first kappa shape index (κ1) is 16.4. The Morgan fingerprint density at radius 2 is 1.82 bits per heavy atom. The Kier molecular flexibility index (Phi) is 4.80. The normalized spacial score (nSPS) is 11.5. The molecule has 0 saturated heterocycles. The number of nitrogens with one attached hydrogen (secondary N) is 1. The lowest BCUT2D eigenvalue weighted by atomic mass is 10.2. The van der Waals surface area contributed by atoms with Crippen molar-refractivity contribution in [3.8, 4) is 0 Å². The third kappa shape index (κ3) is 3.44. The van der Waals surface area contributed by atoms with Crippen LogP contribution >= 0.6 is 11.6 Å². The number of anilines is 1. The maximum Gasteiger partial charge on any atom is 0.255 e. The van der Waals surface area contributed by atoms with E-state index in [1.54, 1.807) is 12.1 Å². The van der Waals surface area contributed by atoms with Crippen LogP contribution in [0, 0.1) is 0 Å². The number of hydrogen-bond donors (Lipinski definition) is 1. The number of hydrogen-bond acceptors (Lipinski definition) is 4. The molecule has 1 heterocycles. The molecule has 0 unspecified atom stereocenters. The van der Waals surface area contributed by atoms with Gasteiger partial charge in [-0.2, -0.15) is 0 Å². The van der Waals surface area contributed by atoms with E-state index in [-0.39, 0.29) is 10.0 Å². The third-order valence-electron chi connectivity index (χ3n) is 2.90. The van der Waals surface area contributed by atoms with Crippen molar-refractivity contribution >= 4 is 33.2 Å². The number of nitrogens with zero attached hydrogens (tertiary/aromatic N) is 2. The molecular weight excluding hydrogens is 326 g/mol. The number of benzene rings is 1. The summed E-state index contributed by atoms with van der Waals surface area (Å²) in [5.74, 6) is -0.399. The zero-order valence-corrected chi connectivity index (χ0v) is 13.5. The average Bonchev–Trinajstić information content (AvgIpc) is 2.49. The Labute approximate surface area is 133 Å². The molecule has 0 aliphatic heterocycles. The van der Waals surface area contributed by atoms with Gasteiger partial charge in [0.1, 0.15) is 0 Å². The fourth-order valence-corrected chi connectivity index (χ4v) is 2.73. The molecule has 1 aromatic heterocycles. The third-order valence-corrected chi connectivity index (χ3v) is 5.03. The quantitative estimate of drug-likeness (QED) is 0.866. The van der Waals surface area contributed by atoms with Crippen molar-refractivity contribution in [1.82, 2.24) is 9.29 Å². The van der Waals surface area contributed by atoms with Gasteiger partial charge in [0.25, 0.3) is 5.91 Å². The zero-order chi connectivity index (χ0) is 16.3. The molecule has 8 heteroatoms. The monoisotopic (exact) mass is 339 g/mol. The van der Waals surface area contributed by atoms with Crippen molar-refractivity contribution in [2.75, 3.05) is 19.4 Å². The molecule has 0 aliphatic rings. The first-order valence-electron chi connectivity index (χ1n) is 6.27. The van der Waals surface area contributed by atoms with Crippen molar-refractivity contribution < 1.29 is 13.2 Å². The van der Waals surface area contributed by atoms with Gasteiger partial charge in [0.05, 0.1) is 10.6 Å². The summed E-state index contributed by atoms with van der Waals surface area (Å²) in [6.07, 6.45) is 1.51. The molecule has 0 saturated carbocycles. The summed E-state index contributed by atoms with van der Waals surface area (Å²) in [7, 11) is -0.625. The molecule has 0 radical (unpaired) electrons. The van der Waals surface area contributed by atoms with Crippen molar-refractivity contribution in [3.63, 3.8) is 0 Å². The molecule has 0 fully saturated rings. The molecule has 6 nitrogen and oxygen atoms in total. The van der Waals surface area contributed by atoms with E-state index in [1.165, 1.54) is 44.6 Å². The van der Waals surface area contributed by atoms with E-state index in [0.717, 1.165) is 4.31 Å². The average molecular weight is 340 g/mol. The van der Waals surface area contributed by atoms with Crippen molar-refractivity contribution in [3.05, 3.63) is 53.3 Å². The van der Waals surface area contributed by atoms with Gasteiger partial charge in [0, 0.05) is 25.9 Å². The lowest BCUT2D eigenvalue weighted by Crippen LogP contribution is -2.22. The van der Waals surface area contributed by atoms with Gasteiger partial charge in [0.15, 0.2) is 5.15 Å². The smallest absolute Gasteiger partial charge is 0.255 e. The van der Waals surface area contributed by atoms with E-state index in [0.29, 0.717) is 11.3 Å². The van der Waals surface area contributed by atoms with Crippen LogP contribution in [-0.2, 0) is 10.0 Å². The second-order valence-electron chi connectivity index (χ2n) is 4.61. The summed E-state index contributed by atoms with van der Waals surface area (Å²) in [4.78, 5) is 16.1. The fourth-order valence-electron chi connectivity index (χ4n) is 1.66. The molecule has 22 heavy (non-hydrogen) atoms. The Morgan fingerprint density at radius 3 is 2.36 bits per heavy atom. The molecule has 1 aromatic carbocycles. The van der Waals surface area contributed by atoms with Crippen LogP contribution in [-0.4, -0.2) is 37.7 Å². The van der Waals surface area contributed by atoms with E-state index in [4.69, 9.17) is 11.6 Å². The van der Waals surface area contributed by atoms with Gasteiger partial charge in [-0.05, 0) is 36.4 Å². The Morgan fingerprint density at radius 1 is 1.18 bits per heavy atom. The highest BCUT2D eigenvalue weighted by Crippen LogP contribution is 2.19. The van der Waals surface area contributed by atoms with Crippen LogP contribution in [0.3, 0.4) is 0 Å². The lowest BCUT2D eigenvalue weighted by molar-refractivity contribution is 0.102. The van der Waals surface area contributed by atoms with Gasteiger partial charge in [-0.25, -0.2) is 17.7 Å². The number of sulfonamides is 1. The highest BCUT2D eigenvalue weighted by Gasteiger charge is 2.17. The predicted octanol–water partition coefficient (Wildman–Crippen LogP) is 2.24. The summed E-state index contributed by atoms with van der Waals surface area (Å²) in [6.45, 7) is 0. The van der Waals surface area contributed by atoms with Crippen LogP contribution in [0.5, 0.6) is 0 Å². The minimum absolute atomic E-state index is 0.119. The Balaban J connectivity index is 2.21. The van der Waals surface area contributed by atoms with Crippen molar-refractivity contribution in [1.29, 1.82) is 0 Å². The van der Waals surface area contributed by atoms with Crippen molar-refractivity contribution in [2.45, 2.75) is 4.90 Å². The lowest BCUT2D eigenvalue weighted by Gasteiger charge is -2.11. The topological polar surface area (TPSA) is 79.4 Å². The number of carbonyl (C=O) groups excluding carboxylic acids is 1. The second kappa shape index (κ2) is 6.43. The zero-order valence-electron chi connectivity index (χ0n) is 11.9. The molecule has 2 aromatic rings. The highest BCUT2D eigenvalue weighted by molar-refractivity contribution is 7.89. The molecule has 0 spiro atoms. The molecule has 0 atom stereocenters.